The van der Waals surface area contributed by atoms with E-state index in [4.69, 9.17) is 4.74 Å². The van der Waals surface area contributed by atoms with Crippen LogP contribution in [-0.2, 0) is 9.53 Å². The first-order chi connectivity index (χ1) is 9.33. The number of amides is 1. The Morgan fingerprint density at radius 3 is 3.16 bits per heavy atom. The summed E-state index contributed by atoms with van der Waals surface area (Å²) in [6.45, 7) is 2.66. The number of hydrogen-bond donors (Lipinski definition) is 2. The molecular weight excluding hydrogens is 244 g/mol. The Morgan fingerprint density at radius 2 is 2.42 bits per heavy atom. The lowest BCUT2D eigenvalue weighted by atomic mass is 10.1. The average molecular weight is 264 g/mol. The number of carbonyl (C=O) groups excluding carboxylic acids is 1. The van der Waals surface area contributed by atoms with Crippen LogP contribution in [0.2, 0.25) is 0 Å². The summed E-state index contributed by atoms with van der Waals surface area (Å²) >= 11 is 0. The molecule has 2 saturated heterocycles. The van der Waals surface area contributed by atoms with E-state index in [2.05, 4.69) is 15.7 Å². The molecule has 1 aromatic heterocycles. The van der Waals surface area contributed by atoms with Crippen LogP contribution < -0.4 is 10.6 Å². The van der Waals surface area contributed by atoms with E-state index in [0.29, 0.717) is 18.5 Å². The van der Waals surface area contributed by atoms with Crippen molar-refractivity contribution >= 4 is 11.7 Å². The van der Waals surface area contributed by atoms with Crippen LogP contribution in [-0.4, -0.2) is 41.5 Å². The summed E-state index contributed by atoms with van der Waals surface area (Å²) in [7, 11) is 0. The monoisotopic (exact) mass is 264 g/mol. The van der Waals surface area contributed by atoms with Gasteiger partial charge in [0.15, 0.2) is 5.82 Å². The topological polar surface area (TPSA) is 68.2 Å². The highest BCUT2D eigenvalue weighted by Crippen LogP contribution is 2.17. The van der Waals surface area contributed by atoms with E-state index in [9.17, 15) is 4.79 Å². The van der Waals surface area contributed by atoms with Crippen molar-refractivity contribution in [2.45, 2.75) is 37.8 Å². The second kappa shape index (κ2) is 5.71. The second-order valence-electron chi connectivity index (χ2n) is 5.17. The Kier molecular flexibility index (Phi) is 3.79. The van der Waals surface area contributed by atoms with Gasteiger partial charge in [-0.25, -0.2) is 0 Å². The summed E-state index contributed by atoms with van der Waals surface area (Å²) in [5.41, 5.74) is 0. The van der Waals surface area contributed by atoms with E-state index in [1.165, 1.54) is 0 Å². The molecule has 0 bridgehead atoms. The van der Waals surface area contributed by atoms with Crippen molar-refractivity contribution in [1.82, 2.24) is 15.1 Å². The van der Waals surface area contributed by atoms with Gasteiger partial charge in [0.05, 0.1) is 6.04 Å². The molecule has 0 aromatic carbocycles. The molecule has 6 nitrogen and oxygen atoms in total. The molecule has 1 aromatic rings. The Labute approximate surface area is 112 Å². The van der Waals surface area contributed by atoms with Gasteiger partial charge in [0, 0.05) is 25.4 Å². The van der Waals surface area contributed by atoms with Gasteiger partial charge in [0.2, 0.25) is 0 Å². The molecule has 104 valence electrons. The number of anilines is 1. The van der Waals surface area contributed by atoms with Crippen LogP contribution in [0.3, 0.4) is 0 Å². The van der Waals surface area contributed by atoms with Crippen LogP contribution >= 0.6 is 0 Å². The maximum Gasteiger partial charge on any atom is 0.254 e. The van der Waals surface area contributed by atoms with Crippen LogP contribution in [0.25, 0.3) is 0 Å². The zero-order chi connectivity index (χ0) is 13.1. The molecular formula is C13H20N4O2. The van der Waals surface area contributed by atoms with Gasteiger partial charge >= 0.3 is 0 Å². The third-order valence-corrected chi connectivity index (χ3v) is 3.74. The molecule has 2 aliphatic rings. The van der Waals surface area contributed by atoms with Gasteiger partial charge in [0.1, 0.15) is 6.10 Å². The smallest absolute Gasteiger partial charge is 0.254 e. The SMILES string of the molecule is O=C(Nc1ccn([C@H]2CCNC2)n1)[C@H]1CCCCO1. The molecule has 2 atom stereocenters. The lowest BCUT2D eigenvalue weighted by molar-refractivity contribution is -0.130. The Morgan fingerprint density at radius 1 is 1.47 bits per heavy atom. The first kappa shape index (κ1) is 12.6. The summed E-state index contributed by atoms with van der Waals surface area (Å²) in [5, 5.41) is 10.6. The third-order valence-electron chi connectivity index (χ3n) is 3.74. The number of hydrogen-bond acceptors (Lipinski definition) is 4. The van der Waals surface area contributed by atoms with Crippen LogP contribution in [0.1, 0.15) is 31.7 Å². The number of carbonyl (C=O) groups is 1. The molecule has 6 heteroatoms. The Bertz CT molecular complexity index is 434. The number of rotatable bonds is 3. The minimum Gasteiger partial charge on any atom is -0.368 e. The maximum absolute atomic E-state index is 12.0. The molecule has 2 fully saturated rings. The summed E-state index contributed by atoms with van der Waals surface area (Å²) in [4.78, 5) is 12.0. The van der Waals surface area contributed by atoms with Crippen molar-refractivity contribution in [3.8, 4) is 0 Å². The van der Waals surface area contributed by atoms with E-state index in [1.54, 1.807) is 0 Å². The van der Waals surface area contributed by atoms with E-state index >= 15 is 0 Å². The summed E-state index contributed by atoms with van der Waals surface area (Å²) < 4.78 is 7.39. The van der Waals surface area contributed by atoms with Crippen LogP contribution in [0.15, 0.2) is 12.3 Å². The third kappa shape index (κ3) is 2.96. The van der Waals surface area contributed by atoms with Crippen molar-refractivity contribution in [1.29, 1.82) is 0 Å². The Balaban J connectivity index is 1.58. The first-order valence-electron chi connectivity index (χ1n) is 7.01. The van der Waals surface area contributed by atoms with Gasteiger partial charge in [-0.15, -0.1) is 0 Å². The van der Waals surface area contributed by atoms with Gasteiger partial charge in [0.25, 0.3) is 5.91 Å². The van der Waals surface area contributed by atoms with Crippen molar-refractivity contribution in [3.05, 3.63) is 12.3 Å². The van der Waals surface area contributed by atoms with Gasteiger partial charge < -0.3 is 15.4 Å². The predicted octanol–water partition coefficient (Wildman–Crippen LogP) is 0.925. The highest BCUT2D eigenvalue weighted by atomic mass is 16.5. The van der Waals surface area contributed by atoms with Crippen LogP contribution in [0.5, 0.6) is 0 Å². The number of nitrogens with one attached hydrogen (secondary N) is 2. The van der Waals surface area contributed by atoms with Crippen molar-refractivity contribution < 1.29 is 9.53 Å². The molecule has 2 aliphatic heterocycles. The fraction of sp³-hybridized carbons (Fsp3) is 0.692. The second-order valence-corrected chi connectivity index (χ2v) is 5.17. The van der Waals surface area contributed by atoms with E-state index in [-0.39, 0.29) is 12.0 Å². The first-order valence-corrected chi connectivity index (χ1v) is 7.01. The standard InChI is InChI=1S/C13H20N4O2/c18-13(11-3-1-2-8-19-11)15-12-5-7-17(16-12)10-4-6-14-9-10/h5,7,10-11,14H,1-4,6,8-9H2,(H,15,16,18)/t10-,11+/m0/s1. The number of aromatic nitrogens is 2. The zero-order valence-electron chi connectivity index (χ0n) is 11.0. The van der Waals surface area contributed by atoms with Gasteiger partial charge in [-0.3, -0.25) is 9.48 Å². The minimum absolute atomic E-state index is 0.0745. The summed E-state index contributed by atoms with van der Waals surface area (Å²) in [6.07, 6.45) is 5.61. The van der Waals surface area contributed by atoms with Crippen molar-refractivity contribution in [3.63, 3.8) is 0 Å². The fourth-order valence-corrected chi connectivity index (χ4v) is 2.63. The van der Waals surface area contributed by atoms with Crippen LogP contribution in [0, 0.1) is 0 Å². The maximum atomic E-state index is 12.0. The molecule has 3 heterocycles. The molecule has 0 aliphatic carbocycles. The molecule has 19 heavy (non-hydrogen) atoms. The zero-order valence-corrected chi connectivity index (χ0v) is 11.0. The van der Waals surface area contributed by atoms with E-state index in [1.807, 2.05) is 16.9 Å². The number of nitrogens with zero attached hydrogens (tertiary/aromatic N) is 2. The lowest BCUT2D eigenvalue weighted by Gasteiger charge is -2.21. The normalized spacial score (nSPS) is 27.4. The largest absolute Gasteiger partial charge is 0.368 e. The number of ether oxygens (including phenoxy) is 1. The quantitative estimate of drug-likeness (QED) is 0.852. The minimum atomic E-state index is -0.313. The van der Waals surface area contributed by atoms with Crippen molar-refractivity contribution in [2.75, 3.05) is 25.0 Å². The summed E-state index contributed by atoms with van der Waals surface area (Å²) in [6, 6.07) is 2.25. The molecule has 1 amide bonds. The fourth-order valence-electron chi connectivity index (χ4n) is 2.63. The average Bonchev–Trinajstić information content (AvgIpc) is 3.10. The molecule has 0 radical (unpaired) electrons. The highest BCUT2D eigenvalue weighted by molar-refractivity contribution is 5.93. The molecule has 0 spiro atoms. The molecule has 0 saturated carbocycles. The summed E-state index contributed by atoms with van der Waals surface area (Å²) in [5.74, 6) is 0.542. The van der Waals surface area contributed by atoms with Gasteiger partial charge in [-0.1, -0.05) is 0 Å². The molecule has 3 rings (SSSR count). The lowest BCUT2D eigenvalue weighted by Crippen LogP contribution is -2.33. The van der Waals surface area contributed by atoms with Gasteiger partial charge in [-0.05, 0) is 32.2 Å². The van der Waals surface area contributed by atoms with Crippen LogP contribution in [0.4, 0.5) is 5.82 Å². The molecule has 2 N–H and O–H groups in total. The van der Waals surface area contributed by atoms with E-state index < -0.39 is 0 Å². The van der Waals surface area contributed by atoms with E-state index in [0.717, 1.165) is 38.8 Å². The van der Waals surface area contributed by atoms with Gasteiger partial charge in [-0.2, -0.15) is 5.10 Å². The highest BCUT2D eigenvalue weighted by Gasteiger charge is 2.23. The Hall–Kier alpha value is -1.40. The predicted molar refractivity (Wildman–Crippen MR) is 71.0 cm³/mol. The molecule has 0 unspecified atom stereocenters. The van der Waals surface area contributed by atoms with Crippen molar-refractivity contribution in [2.24, 2.45) is 0 Å².